The molecule has 21 heavy (non-hydrogen) atoms. The number of thiophene rings is 1. The zero-order valence-electron chi connectivity index (χ0n) is 11.2. The molecule has 4 nitrogen and oxygen atoms in total. The van der Waals surface area contributed by atoms with E-state index in [4.69, 9.17) is 0 Å². The predicted molar refractivity (Wildman–Crippen MR) is 84.1 cm³/mol. The molecule has 0 fully saturated rings. The molecule has 6 heteroatoms. The molecule has 0 amide bonds. The Morgan fingerprint density at radius 2 is 2.10 bits per heavy atom. The molecule has 2 aromatic heterocycles. The van der Waals surface area contributed by atoms with Crippen molar-refractivity contribution in [2.45, 2.75) is 31.7 Å². The smallest absolute Gasteiger partial charge is 0.312 e. The molecule has 0 aliphatic carbocycles. The Balaban J connectivity index is 2.04. The van der Waals surface area contributed by atoms with Crippen molar-refractivity contribution in [2.75, 3.05) is 0 Å². The van der Waals surface area contributed by atoms with E-state index in [0.29, 0.717) is 23.5 Å². The lowest BCUT2D eigenvalue weighted by Crippen LogP contribution is -2.16. The van der Waals surface area contributed by atoms with Crippen molar-refractivity contribution in [3.63, 3.8) is 0 Å². The first-order valence-corrected chi connectivity index (χ1v) is 8.47. The summed E-state index contributed by atoms with van der Waals surface area (Å²) in [6, 6.07) is 5.40. The lowest BCUT2D eigenvalue weighted by Gasteiger charge is -2.13. The lowest BCUT2D eigenvalue weighted by molar-refractivity contribution is -0.139. The van der Waals surface area contributed by atoms with Crippen LogP contribution in [0.3, 0.4) is 0 Å². The van der Waals surface area contributed by atoms with Crippen LogP contribution in [0.2, 0.25) is 0 Å². The minimum Gasteiger partial charge on any atom is -0.481 e. The molecule has 1 aliphatic heterocycles. The second-order valence-corrected chi connectivity index (χ2v) is 6.88. The number of carbonyl (C=O) groups excluding carboxylic acids is 1. The van der Waals surface area contributed by atoms with Crippen molar-refractivity contribution in [3.8, 4) is 0 Å². The number of hydrogen-bond donors (Lipinski definition) is 1. The zero-order valence-corrected chi connectivity index (χ0v) is 13.6. The minimum atomic E-state index is -0.812. The van der Waals surface area contributed by atoms with E-state index in [1.807, 2.05) is 16.0 Å². The SMILES string of the molecule is O=C(c1sccc1Br)c1ccc2n1CCCCC2C(=O)O. The summed E-state index contributed by atoms with van der Waals surface area (Å²) in [6.45, 7) is 0.705. The van der Waals surface area contributed by atoms with E-state index in [2.05, 4.69) is 15.9 Å². The molecule has 0 spiro atoms. The van der Waals surface area contributed by atoms with Gasteiger partial charge in [0, 0.05) is 16.7 Å². The van der Waals surface area contributed by atoms with Crippen LogP contribution < -0.4 is 0 Å². The highest BCUT2D eigenvalue weighted by molar-refractivity contribution is 9.10. The first-order valence-electron chi connectivity index (χ1n) is 6.79. The largest absolute Gasteiger partial charge is 0.481 e. The van der Waals surface area contributed by atoms with Gasteiger partial charge in [-0.05, 0) is 52.4 Å². The average molecular weight is 368 g/mol. The fraction of sp³-hybridized carbons (Fsp3) is 0.333. The van der Waals surface area contributed by atoms with Gasteiger partial charge in [-0.15, -0.1) is 11.3 Å². The fourth-order valence-electron chi connectivity index (χ4n) is 2.82. The maximum Gasteiger partial charge on any atom is 0.312 e. The van der Waals surface area contributed by atoms with Crippen molar-refractivity contribution in [2.24, 2.45) is 0 Å². The third kappa shape index (κ3) is 2.58. The van der Waals surface area contributed by atoms with Crippen molar-refractivity contribution >= 4 is 39.0 Å². The second-order valence-electron chi connectivity index (χ2n) is 5.11. The normalized spacial score (nSPS) is 18.0. The Morgan fingerprint density at radius 3 is 2.76 bits per heavy atom. The average Bonchev–Trinajstić information content (AvgIpc) is 2.99. The number of carbonyl (C=O) groups is 2. The second kappa shape index (κ2) is 5.77. The van der Waals surface area contributed by atoms with Crippen LogP contribution in [0.5, 0.6) is 0 Å². The molecule has 3 heterocycles. The molecule has 0 radical (unpaired) electrons. The molecule has 1 unspecified atom stereocenters. The first kappa shape index (κ1) is 14.5. The van der Waals surface area contributed by atoms with Crippen LogP contribution >= 0.6 is 27.3 Å². The molecule has 2 aromatic rings. The summed E-state index contributed by atoms with van der Waals surface area (Å²) in [5.41, 5.74) is 1.33. The Morgan fingerprint density at radius 1 is 1.29 bits per heavy atom. The quantitative estimate of drug-likeness (QED) is 0.836. The molecule has 1 aliphatic rings. The molecule has 0 saturated carbocycles. The van der Waals surface area contributed by atoms with Crippen LogP contribution in [0, 0.1) is 0 Å². The van der Waals surface area contributed by atoms with Gasteiger partial charge in [0.15, 0.2) is 0 Å². The van der Waals surface area contributed by atoms with Crippen molar-refractivity contribution in [3.05, 3.63) is 44.3 Å². The lowest BCUT2D eigenvalue weighted by atomic mass is 10.0. The van der Waals surface area contributed by atoms with Crippen molar-refractivity contribution < 1.29 is 14.7 Å². The molecular weight excluding hydrogens is 354 g/mol. The van der Waals surface area contributed by atoms with Crippen LogP contribution in [0.25, 0.3) is 0 Å². The standard InChI is InChI=1S/C15H14BrNO3S/c16-10-6-8-21-14(10)13(18)12-5-4-11-9(15(19)20)3-1-2-7-17(11)12/h4-6,8-9H,1-3,7H2,(H,19,20). The molecule has 3 rings (SSSR count). The number of carboxylic acid groups (broad SMARTS) is 1. The number of halogens is 1. The third-order valence-electron chi connectivity index (χ3n) is 3.85. The van der Waals surface area contributed by atoms with Crippen LogP contribution in [0.4, 0.5) is 0 Å². The van der Waals surface area contributed by atoms with Crippen LogP contribution in [-0.2, 0) is 11.3 Å². The monoisotopic (exact) mass is 367 g/mol. The summed E-state index contributed by atoms with van der Waals surface area (Å²) in [6.07, 6.45) is 2.40. The van der Waals surface area contributed by atoms with E-state index in [9.17, 15) is 14.7 Å². The third-order valence-corrected chi connectivity index (χ3v) is 5.69. The van der Waals surface area contributed by atoms with E-state index in [0.717, 1.165) is 23.0 Å². The topological polar surface area (TPSA) is 59.3 Å². The number of aliphatic carboxylic acids is 1. The van der Waals surface area contributed by atoms with Gasteiger partial charge in [0.25, 0.3) is 0 Å². The molecule has 0 saturated heterocycles. The van der Waals surface area contributed by atoms with Crippen molar-refractivity contribution in [1.82, 2.24) is 4.57 Å². The van der Waals surface area contributed by atoms with Gasteiger partial charge < -0.3 is 9.67 Å². The molecular formula is C15H14BrNO3S. The van der Waals surface area contributed by atoms with Crippen molar-refractivity contribution in [1.29, 1.82) is 0 Å². The van der Waals surface area contributed by atoms with E-state index in [-0.39, 0.29) is 5.78 Å². The number of hydrogen-bond acceptors (Lipinski definition) is 3. The number of carboxylic acids is 1. The Hall–Kier alpha value is -1.40. The molecule has 0 aromatic carbocycles. The zero-order chi connectivity index (χ0) is 15.0. The highest BCUT2D eigenvalue weighted by Gasteiger charge is 2.28. The molecule has 1 N–H and O–H groups in total. The Kier molecular flexibility index (Phi) is 3.99. The summed E-state index contributed by atoms with van der Waals surface area (Å²) in [4.78, 5) is 24.7. The van der Waals surface area contributed by atoms with E-state index in [1.165, 1.54) is 11.3 Å². The first-order chi connectivity index (χ1) is 10.1. The van der Waals surface area contributed by atoms with E-state index < -0.39 is 11.9 Å². The Bertz CT molecular complexity index is 704. The summed E-state index contributed by atoms with van der Waals surface area (Å²) < 4.78 is 2.68. The maximum atomic E-state index is 12.7. The number of aromatic nitrogens is 1. The molecule has 110 valence electrons. The summed E-state index contributed by atoms with van der Waals surface area (Å²) in [7, 11) is 0. The van der Waals surface area contributed by atoms with E-state index >= 15 is 0 Å². The number of ketones is 1. The summed E-state index contributed by atoms with van der Waals surface area (Å²) in [5, 5.41) is 11.2. The number of rotatable bonds is 3. The maximum absolute atomic E-state index is 12.7. The van der Waals surface area contributed by atoms with Crippen LogP contribution in [-0.4, -0.2) is 21.4 Å². The molecule has 1 atom stereocenters. The summed E-state index contributed by atoms with van der Waals surface area (Å²) >= 11 is 4.78. The van der Waals surface area contributed by atoms with Gasteiger partial charge in [0.05, 0.1) is 16.5 Å². The van der Waals surface area contributed by atoms with Gasteiger partial charge in [-0.1, -0.05) is 6.42 Å². The van der Waals surface area contributed by atoms with Gasteiger partial charge in [-0.2, -0.15) is 0 Å². The Labute approximate surface area is 134 Å². The van der Waals surface area contributed by atoms with Gasteiger partial charge in [0.2, 0.25) is 5.78 Å². The molecule has 0 bridgehead atoms. The minimum absolute atomic E-state index is 0.0471. The van der Waals surface area contributed by atoms with Gasteiger partial charge in [-0.3, -0.25) is 9.59 Å². The summed E-state index contributed by atoms with van der Waals surface area (Å²) in [5.74, 6) is -1.37. The van der Waals surface area contributed by atoms with Crippen LogP contribution in [0.15, 0.2) is 28.1 Å². The van der Waals surface area contributed by atoms with Crippen LogP contribution in [0.1, 0.15) is 46.2 Å². The van der Waals surface area contributed by atoms with E-state index in [1.54, 1.807) is 12.1 Å². The highest BCUT2D eigenvalue weighted by atomic mass is 79.9. The van der Waals surface area contributed by atoms with Gasteiger partial charge >= 0.3 is 5.97 Å². The van der Waals surface area contributed by atoms with Gasteiger partial charge in [-0.25, -0.2) is 0 Å². The predicted octanol–water partition coefficient (Wildman–Crippen LogP) is 3.90. The number of fused-ring (bicyclic) bond motifs is 1. The number of nitrogens with zero attached hydrogens (tertiary/aromatic N) is 1. The van der Waals surface area contributed by atoms with Gasteiger partial charge in [0.1, 0.15) is 0 Å². The fourth-order valence-corrected chi connectivity index (χ4v) is 4.32. The highest BCUT2D eigenvalue weighted by Crippen LogP contribution is 2.31.